The van der Waals surface area contributed by atoms with E-state index in [1.54, 1.807) is 14.2 Å². The first-order chi connectivity index (χ1) is 15.0. The molecule has 1 saturated carbocycles. The maximum atomic E-state index is 12.3. The molecule has 1 atom stereocenters. The largest absolute Gasteiger partial charge is 0.497 e. The van der Waals surface area contributed by atoms with E-state index in [0.29, 0.717) is 6.04 Å². The third-order valence-electron chi connectivity index (χ3n) is 7.17. The summed E-state index contributed by atoms with van der Waals surface area (Å²) in [6.07, 6.45) is 8.46. The van der Waals surface area contributed by atoms with Gasteiger partial charge in [0.2, 0.25) is 5.91 Å². The van der Waals surface area contributed by atoms with Gasteiger partial charge in [-0.15, -0.1) is 0 Å². The normalized spacial score (nSPS) is 24.3. The molecule has 1 aromatic carbocycles. The molecule has 2 aliphatic rings. The van der Waals surface area contributed by atoms with Crippen molar-refractivity contribution in [3.05, 3.63) is 28.2 Å². The van der Waals surface area contributed by atoms with Gasteiger partial charge in [-0.25, -0.2) is 0 Å². The second-order valence-electron chi connectivity index (χ2n) is 9.19. The first-order valence-corrected chi connectivity index (χ1v) is 12.7. The van der Waals surface area contributed by atoms with Crippen molar-refractivity contribution in [2.75, 3.05) is 47.0 Å². The molecule has 1 amide bonds. The summed E-state index contributed by atoms with van der Waals surface area (Å²) in [4.78, 5) is 16.9. The van der Waals surface area contributed by atoms with Crippen molar-refractivity contribution in [1.29, 1.82) is 0 Å². The number of hydrogen-bond donors (Lipinski definition) is 0. The van der Waals surface area contributed by atoms with Crippen LogP contribution in [0.25, 0.3) is 0 Å². The summed E-state index contributed by atoms with van der Waals surface area (Å²) < 4.78 is 11.6. The number of carbonyl (C=O) groups excluding carboxylic acids is 1. The molecule has 2 fully saturated rings. The highest BCUT2D eigenvalue weighted by Gasteiger charge is 2.29. The molecule has 0 bridgehead atoms. The number of likely N-dealkylation sites (N-methyl/N-ethyl adjacent to an activating group) is 1. The van der Waals surface area contributed by atoms with Gasteiger partial charge >= 0.3 is 0 Å². The zero-order valence-electron chi connectivity index (χ0n) is 19.4. The maximum Gasteiger partial charge on any atom is 0.248 e. The van der Waals surface area contributed by atoms with Gasteiger partial charge in [0.25, 0.3) is 0 Å². The number of methoxy groups -OCH3 is 2. The highest BCUT2D eigenvalue weighted by Crippen LogP contribution is 2.32. The van der Waals surface area contributed by atoms with Gasteiger partial charge in [-0.2, -0.15) is 0 Å². The fraction of sp³-hybridized carbons (Fsp3) is 0.720. The van der Waals surface area contributed by atoms with Crippen molar-refractivity contribution in [3.63, 3.8) is 0 Å². The Morgan fingerprint density at radius 1 is 1.16 bits per heavy atom. The van der Waals surface area contributed by atoms with E-state index >= 15 is 0 Å². The van der Waals surface area contributed by atoms with Crippen molar-refractivity contribution < 1.29 is 14.3 Å². The van der Waals surface area contributed by atoms with Crippen LogP contribution in [0.2, 0.25) is 0 Å². The Labute approximate surface area is 196 Å². The lowest BCUT2D eigenvalue weighted by molar-refractivity contribution is -0.138. The fourth-order valence-electron chi connectivity index (χ4n) is 5.38. The zero-order chi connectivity index (χ0) is 22.2. The number of hydrogen-bond acceptors (Lipinski definition) is 4. The SMILES string of the molecule is CCN(C(=O)COC)[C@H]1CC[C@H](CCN2CCC(Cc3cc(OC)ccc3Br)C2)CC1. The van der Waals surface area contributed by atoms with Gasteiger partial charge in [0.05, 0.1) is 7.11 Å². The van der Waals surface area contributed by atoms with Gasteiger partial charge in [0, 0.05) is 30.7 Å². The van der Waals surface area contributed by atoms with Crippen LogP contribution in [0.5, 0.6) is 5.75 Å². The van der Waals surface area contributed by atoms with Crippen LogP contribution in [0.15, 0.2) is 22.7 Å². The molecule has 5 nitrogen and oxygen atoms in total. The Morgan fingerprint density at radius 2 is 1.94 bits per heavy atom. The van der Waals surface area contributed by atoms with Crippen molar-refractivity contribution in [2.45, 2.75) is 57.9 Å². The van der Waals surface area contributed by atoms with E-state index in [1.807, 2.05) is 11.0 Å². The molecule has 0 spiro atoms. The molecule has 1 aromatic rings. The van der Waals surface area contributed by atoms with Crippen LogP contribution in [0, 0.1) is 11.8 Å². The molecule has 1 heterocycles. The fourth-order valence-corrected chi connectivity index (χ4v) is 5.79. The molecule has 1 unspecified atom stereocenters. The molecule has 174 valence electrons. The zero-order valence-corrected chi connectivity index (χ0v) is 21.0. The molecule has 0 aromatic heterocycles. The van der Waals surface area contributed by atoms with Crippen LogP contribution in [-0.4, -0.2) is 68.8 Å². The van der Waals surface area contributed by atoms with Gasteiger partial charge in [-0.05, 0) is 101 Å². The molecule has 1 aliphatic carbocycles. The predicted molar refractivity (Wildman–Crippen MR) is 129 cm³/mol. The van der Waals surface area contributed by atoms with Gasteiger partial charge in [-0.1, -0.05) is 15.9 Å². The summed E-state index contributed by atoms with van der Waals surface area (Å²) in [5.74, 6) is 2.61. The number of benzene rings is 1. The first-order valence-electron chi connectivity index (χ1n) is 11.9. The quantitative estimate of drug-likeness (QED) is 0.469. The number of halogens is 1. The number of rotatable bonds is 10. The molecule has 31 heavy (non-hydrogen) atoms. The lowest BCUT2D eigenvalue weighted by Crippen LogP contribution is -2.44. The Bertz CT molecular complexity index is 706. The maximum absolute atomic E-state index is 12.3. The Morgan fingerprint density at radius 3 is 2.61 bits per heavy atom. The summed E-state index contributed by atoms with van der Waals surface area (Å²) in [7, 11) is 3.33. The lowest BCUT2D eigenvalue weighted by atomic mass is 9.83. The second-order valence-corrected chi connectivity index (χ2v) is 10.0. The van der Waals surface area contributed by atoms with Crippen molar-refractivity contribution in [2.24, 2.45) is 11.8 Å². The molecule has 0 radical (unpaired) electrons. The Balaban J connectivity index is 1.39. The minimum absolute atomic E-state index is 0.138. The van der Waals surface area contributed by atoms with Crippen molar-refractivity contribution in [3.8, 4) is 5.75 Å². The number of nitrogens with zero attached hydrogens (tertiary/aromatic N) is 2. The highest BCUT2D eigenvalue weighted by molar-refractivity contribution is 9.10. The van der Waals surface area contributed by atoms with Crippen molar-refractivity contribution in [1.82, 2.24) is 9.80 Å². The van der Waals surface area contributed by atoms with Crippen LogP contribution >= 0.6 is 15.9 Å². The van der Waals surface area contributed by atoms with E-state index in [0.717, 1.165) is 43.4 Å². The molecular formula is C25H39BrN2O3. The van der Waals surface area contributed by atoms with Crippen LogP contribution in [0.3, 0.4) is 0 Å². The summed E-state index contributed by atoms with van der Waals surface area (Å²) in [6, 6.07) is 6.68. The molecule has 6 heteroatoms. The topological polar surface area (TPSA) is 42.0 Å². The van der Waals surface area contributed by atoms with E-state index in [2.05, 4.69) is 39.9 Å². The van der Waals surface area contributed by atoms with Crippen LogP contribution < -0.4 is 4.74 Å². The van der Waals surface area contributed by atoms with E-state index in [9.17, 15) is 4.79 Å². The smallest absolute Gasteiger partial charge is 0.248 e. The van der Waals surface area contributed by atoms with E-state index < -0.39 is 0 Å². The number of likely N-dealkylation sites (tertiary alicyclic amines) is 1. The van der Waals surface area contributed by atoms with Crippen LogP contribution in [0.1, 0.15) is 51.0 Å². The van der Waals surface area contributed by atoms with Gasteiger partial charge in [0.15, 0.2) is 0 Å². The first kappa shape index (κ1) is 24.5. The second kappa shape index (κ2) is 12.2. The Kier molecular flexibility index (Phi) is 9.67. The summed E-state index contributed by atoms with van der Waals surface area (Å²) >= 11 is 3.70. The van der Waals surface area contributed by atoms with Gasteiger partial charge in [-0.3, -0.25) is 4.79 Å². The van der Waals surface area contributed by atoms with E-state index in [4.69, 9.17) is 9.47 Å². The van der Waals surface area contributed by atoms with E-state index in [1.165, 1.54) is 55.4 Å². The standard InChI is InChI=1S/C25H39BrN2O3/c1-4-28(25(29)18-30-2)22-7-5-19(6-8-22)11-13-27-14-12-20(17-27)15-21-16-23(31-3)9-10-24(21)26/h9-10,16,19-20,22H,4-8,11-15,17-18H2,1-3H3/t19-,20?,22-. The molecule has 0 N–H and O–H groups in total. The third kappa shape index (κ3) is 6.93. The minimum Gasteiger partial charge on any atom is -0.497 e. The molecule has 1 aliphatic heterocycles. The van der Waals surface area contributed by atoms with Crippen molar-refractivity contribution >= 4 is 21.8 Å². The summed E-state index contributed by atoms with van der Waals surface area (Å²) in [5.41, 5.74) is 1.35. The van der Waals surface area contributed by atoms with E-state index in [-0.39, 0.29) is 12.5 Å². The highest BCUT2D eigenvalue weighted by atomic mass is 79.9. The monoisotopic (exact) mass is 494 g/mol. The Hall–Kier alpha value is -1.11. The molecule has 3 rings (SSSR count). The van der Waals surface area contributed by atoms with Gasteiger partial charge in [0.1, 0.15) is 12.4 Å². The molecular weight excluding hydrogens is 456 g/mol. The van der Waals surface area contributed by atoms with Gasteiger partial charge < -0.3 is 19.3 Å². The summed E-state index contributed by atoms with van der Waals surface area (Å²) in [6.45, 7) is 6.70. The predicted octanol–water partition coefficient (Wildman–Crippen LogP) is 4.77. The summed E-state index contributed by atoms with van der Waals surface area (Å²) in [5, 5.41) is 0. The lowest BCUT2D eigenvalue weighted by Gasteiger charge is -2.36. The average molecular weight is 496 g/mol. The average Bonchev–Trinajstić information content (AvgIpc) is 3.23. The van der Waals surface area contributed by atoms with Crippen LogP contribution in [-0.2, 0) is 16.0 Å². The number of carbonyl (C=O) groups is 1. The third-order valence-corrected chi connectivity index (χ3v) is 7.94. The minimum atomic E-state index is 0.138. The number of amides is 1. The van der Waals surface area contributed by atoms with Crippen LogP contribution in [0.4, 0.5) is 0 Å². The molecule has 1 saturated heterocycles. The number of ether oxygens (including phenoxy) is 2.